The fraction of sp³-hybridized carbons (Fsp3) is 0.750. The van der Waals surface area contributed by atoms with Crippen LogP contribution in [0, 0.1) is 0 Å². The maximum atomic E-state index is 5.49. The van der Waals surface area contributed by atoms with Gasteiger partial charge in [0.2, 0.25) is 0 Å². The number of aryl methyl sites for hydroxylation is 1. The van der Waals surface area contributed by atoms with Gasteiger partial charge in [-0.2, -0.15) is 11.8 Å². The van der Waals surface area contributed by atoms with Crippen LogP contribution in [0.1, 0.15) is 25.6 Å². The number of nitrogens with zero attached hydrogens (tertiary/aromatic N) is 3. The van der Waals surface area contributed by atoms with E-state index in [-0.39, 0.29) is 6.04 Å². The van der Waals surface area contributed by atoms with Gasteiger partial charge in [0.1, 0.15) is 0 Å². The van der Waals surface area contributed by atoms with Crippen LogP contribution in [0.2, 0.25) is 0 Å². The van der Waals surface area contributed by atoms with Gasteiger partial charge < -0.3 is 0 Å². The molecule has 0 aliphatic heterocycles. The number of rotatable bonds is 5. The smallest absolute Gasteiger partial charge is 0.0775 e. The zero-order valence-electron chi connectivity index (χ0n) is 8.77. The Balaban J connectivity index is 2.58. The zero-order valence-corrected chi connectivity index (χ0v) is 9.58. The van der Waals surface area contributed by atoms with Crippen molar-refractivity contribution in [1.29, 1.82) is 0 Å². The Bertz CT molecular complexity index is 272. The van der Waals surface area contributed by atoms with Crippen molar-refractivity contribution >= 4 is 11.8 Å². The van der Waals surface area contributed by atoms with Gasteiger partial charge in [-0.1, -0.05) is 19.1 Å². The van der Waals surface area contributed by atoms with Crippen LogP contribution in [-0.2, 0) is 7.05 Å². The van der Waals surface area contributed by atoms with Crippen molar-refractivity contribution in [2.45, 2.75) is 25.1 Å². The SMILES string of the molecule is CC(C)SCC(NN)c1cnnn1C. The van der Waals surface area contributed by atoms with Crippen molar-refractivity contribution in [3.05, 3.63) is 11.9 Å². The second-order valence-corrected chi connectivity index (χ2v) is 4.99. The van der Waals surface area contributed by atoms with Gasteiger partial charge in [-0.05, 0) is 5.25 Å². The van der Waals surface area contributed by atoms with Gasteiger partial charge >= 0.3 is 0 Å². The highest BCUT2D eigenvalue weighted by Crippen LogP contribution is 2.19. The lowest BCUT2D eigenvalue weighted by Gasteiger charge is -2.16. The summed E-state index contributed by atoms with van der Waals surface area (Å²) < 4.78 is 1.74. The van der Waals surface area contributed by atoms with E-state index >= 15 is 0 Å². The average Bonchev–Trinajstić information content (AvgIpc) is 2.53. The summed E-state index contributed by atoms with van der Waals surface area (Å²) in [5.41, 5.74) is 3.79. The Morgan fingerprint density at radius 1 is 1.64 bits per heavy atom. The van der Waals surface area contributed by atoms with E-state index < -0.39 is 0 Å². The molecule has 0 fully saturated rings. The summed E-state index contributed by atoms with van der Waals surface area (Å²) in [6.45, 7) is 4.33. The topological polar surface area (TPSA) is 68.8 Å². The number of hydrogen-bond donors (Lipinski definition) is 2. The van der Waals surface area contributed by atoms with Crippen LogP contribution in [-0.4, -0.2) is 26.0 Å². The number of hydrazine groups is 1. The molecule has 14 heavy (non-hydrogen) atoms. The second kappa shape index (κ2) is 5.33. The minimum absolute atomic E-state index is 0.113. The molecule has 1 aromatic rings. The quantitative estimate of drug-likeness (QED) is 0.552. The third-order valence-electron chi connectivity index (χ3n) is 1.90. The highest BCUT2D eigenvalue weighted by molar-refractivity contribution is 7.99. The van der Waals surface area contributed by atoms with Gasteiger partial charge in [-0.25, -0.2) is 0 Å². The molecule has 1 atom stereocenters. The highest BCUT2D eigenvalue weighted by atomic mass is 32.2. The fourth-order valence-electron chi connectivity index (χ4n) is 1.12. The molecule has 5 nitrogen and oxygen atoms in total. The van der Waals surface area contributed by atoms with E-state index in [0.29, 0.717) is 5.25 Å². The van der Waals surface area contributed by atoms with Gasteiger partial charge in [0.15, 0.2) is 0 Å². The first kappa shape index (κ1) is 11.5. The van der Waals surface area contributed by atoms with E-state index in [1.807, 2.05) is 18.8 Å². The lowest BCUT2D eigenvalue weighted by atomic mass is 10.3. The first-order chi connectivity index (χ1) is 6.65. The molecule has 3 N–H and O–H groups in total. The summed E-state index contributed by atoms with van der Waals surface area (Å²) >= 11 is 1.86. The molecule has 0 radical (unpaired) electrons. The largest absolute Gasteiger partial charge is 0.271 e. The molecule has 0 saturated heterocycles. The predicted molar refractivity (Wildman–Crippen MR) is 58.7 cm³/mol. The third kappa shape index (κ3) is 2.97. The van der Waals surface area contributed by atoms with Crippen molar-refractivity contribution in [2.75, 3.05) is 5.75 Å². The lowest BCUT2D eigenvalue weighted by Crippen LogP contribution is -2.31. The lowest BCUT2D eigenvalue weighted by molar-refractivity contribution is 0.550. The zero-order chi connectivity index (χ0) is 10.6. The van der Waals surface area contributed by atoms with Gasteiger partial charge in [0.05, 0.1) is 17.9 Å². The summed E-state index contributed by atoms with van der Waals surface area (Å²) in [5, 5.41) is 8.30. The van der Waals surface area contributed by atoms with E-state index in [2.05, 4.69) is 29.6 Å². The molecule has 1 aromatic heterocycles. The van der Waals surface area contributed by atoms with E-state index in [1.54, 1.807) is 10.9 Å². The standard InChI is InChI=1S/C8H17N5S/c1-6(2)14-5-7(11-9)8-4-10-12-13(8)3/h4,6-7,11H,5,9H2,1-3H3. The number of nitrogens with one attached hydrogen (secondary N) is 1. The van der Waals surface area contributed by atoms with Gasteiger partial charge in [-0.15, -0.1) is 5.10 Å². The summed E-state index contributed by atoms with van der Waals surface area (Å²) in [4.78, 5) is 0. The van der Waals surface area contributed by atoms with Crippen molar-refractivity contribution < 1.29 is 0 Å². The minimum atomic E-state index is 0.113. The van der Waals surface area contributed by atoms with Crippen LogP contribution in [0.4, 0.5) is 0 Å². The van der Waals surface area contributed by atoms with Crippen molar-refractivity contribution in [3.8, 4) is 0 Å². The van der Waals surface area contributed by atoms with Gasteiger partial charge in [-0.3, -0.25) is 16.0 Å². The van der Waals surface area contributed by atoms with E-state index in [4.69, 9.17) is 5.84 Å². The van der Waals surface area contributed by atoms with Crippen LogP contribution in [0.3, 0.4) is 0 Å². The Morgan fingerprint density at radius 2 is 2.36 bits per heavy atom. The van der Waals surface area contributed by atoms with Gasteiger partial charge in [0, 0.05) is 12.8 Å². The highest BCUT2D eigenvalue weighted by Gasteiger charge is 2.14. The molecule has 0 aromatic carbocycles. The molecule has 0 amide bonds. The van der Waals surface area contributed by atoms with E-state index in [0.717, 1.165) is 11.4 Å². The van der Waals surface area contributed by atoms with Crippen LogP contribution in [0.5, 0.6) is 0 Å². The third-order valence-corrected chi connectivity index (χ3v) is 3.10. The maximum absolute atomic E-state index is 5.49. The summed E-state index contributed by atoms with van der Waals surface area (Å²) in [5.74, 6) is 6.41. The monoisotopic (exact) mass is 215 g/mol. The minimum Gasteiger partial charge on any atom is -0.271 e. The molecule has 80 valence electrons. The molecule has 0 aliphatic rings. The molecular weight excluding hydrogens is 198 g/mol. The molecule has 0 saturated carbocycles. The molecule has 0 bridgehead atoms. The molecular formula is C8H17N5S. The van der Waals surface area contributed by atoms with Crippen LogP contribution in [0.25, 0.3) is 0 Å². The number of thioether (sulfide) groups is 1. The molecule has 1 unspecified atom stereocenters. The Hall–Kier alpha value is -0.590. The van der Waals surface area contributed by atoms with E-state index in [9.17, 15) is 0 Å². The van der Waals surface area contributed by atoms with E-state index in [1.165, 1.54) is 0 Å². The second-order valence-electron chi connectivity index (χ2n) is 3.38. The van der Waals surface area contributed by atoms with Crippen molar-refractivity contribution in [3.63, 3.8) is 0 Å². The average molecular weight is 215 g/mol. The van der Waals surface area contributed by atoms with Crippen LogP contribution < -0.4 is 11.3 Å². The molecule has 1 rings (SSSR count). The van der Waals surface area contributed by atoms with Crippen LogP contribution >= 0.6 is 11.8 Å². The first-order valence-electron chi connectivity index (χ1n) is 4.57. The Kier molecular flexibility index (Phi) is 4.37. The van der Waals surface area contributed by atoms with Crippen molar-refractivity contribution in [1.82, 2.24) is 20.4 Å². The predicted octanol–water partition coefficient (Wildman–Crippen LogP) is 0.461. The summed E-state index contributed by atoms with van der Waals surface area (Å²) in [7, 11) is 1.87. The number of hydrogen-bond acceptors (Lipinski definition) is 5. The molecule has 0 spiro atoms. The Labute approximate surface area is 88.4 Å². The first-order valence-corrected chi connectivity index (χ1v) is 5.62. The number of aromatic nitrogens is 3. The molecule has 1 heterocycles. The Morgan fingerprint density at radius 3 is 2.79 bits per heavy atom. The fourth-order valence-corrected chi connectivity index (χ4v) is 1.97. The summed E-state index contributed by atoms with van der Waals surface area (Å²) in [6.07, 6.45) is 1.74. The molecule has 6 heteroatoms. The maximum Gasteiger partial charge on any atom is 0.0775 e. The van der Waals surface area contributed by atoms with Crippen molar-refractivity contribution in [2.24, 2.45) is 12.9 Å². The van der Waals surface area contributed by atoms with Gasteiger partial charge in [0.25, 0.3) is 0 Å². The van der Waals surface area contributed by atoms with Crippen LogP contribution in [0.15, 0.2) is 6.20 Å². The summed E-state index contributed by atoms with van der Waals surface area (Å²) in [6, 6.07) is 0.113. The normalized spacial score (nSPS) is 13.5. The number of nitrogens with two attached hydrogens (primary N) is 1. The molecule has 0 aliphatic carbocycles.